The minimum absolute atomic E-state index is 0.0166. The number of nitrogens with zero attached hydrogens (tertiary/aromatic N) is 3. The van der Waals surface area contributed by atoms with Crippen molar-refractivity contribution in [2.45, 2.75) is 52.0 Å². The number of oxazole rings is 1. The minimum atomic E-state index is -1.82. The van der Waals surface area contributed by atoms with Gasteiger partial charge in [-0.2, -0.15) is 0 Å². The summed E-state index contributed by atoms with van der Waals surface area (Å²) in [4.78, 5) is 44.6. The number of carboxylic acid groups (broad SMARTS) is 1. The van der Waals surface area contributed by atoms with Crippen LogP contribution in [0.15, 0.2) is 56.8 Å². The molecular weight excluding hydrogens is 486 g/mol. The number of hydrogen-bond acceptors (Lipinski definition) is 8. The highest BCUT2D eigenvalue weighted by atomic mass is 32.1. The van der Waals surface area contributed by atoms with Crippen LogP contribution in [-0.4, -0.2) is 43.0 Å². The van der Waals surface area contributed by atoms with E-state index in [9.17, 15) is 24.6 Å². The molecule has 0 amide bonds. The number of carboxylic acids is 1. The molecule has 0 saturated carbocycles. The van der Waals surface area contributed by atoms with Gasteiger partial charge in [0, 0.05) is 0 Å². The molecule has 1 aromatic carbocycles. The molecule has 190 valence electrons. The van der Waals surface area contributed by atoms with Crippen molar-refractivity contribution in [3.05, 3.63) is 74.8 Å². The number of aliphatic hydroxyl groups excluding tert-OH is 1. The second kappa shape index (κ2) is 9.84. The van der Waals surface area contributed by atoms with Crippen LogP contribution in [-0.2, 0) is 21.6 Å². The Hall–Kier alpha value is -3.54. The molecule has 0 radical (unpaired) electrons. The molecule has 0 unspecified atom stereocenters. The van der Waals surface area contributed by atoms with Gasteiger partial charge in [0.05, 0.1) is 35.7 Å². The Labute approximate surface area is 210 Å². The first-order valence-electron chi connectivity index (χ1n) is 11.3. The molecule has 0 aliphatic carbocycles. The summed E-state index contributed by atoms with van der Waals surface area (Å²) in [5, 5.41) is 19.9. The third kappa shape index (κ3) is 4.52. The maximum absolute atomic E-state index is 13.8. The number of fused-ring (bicyclic) bond motifs is 1. The van der Waals surface area contributed by atoms with Crippen LogP contribution < -0.4 is 11.2 Å². The third-order valence-electron chi connectivity index (χ3n) is 5.98. The van der Waals surface area contributed by atoms with Gasteiger partial charge in [0.25, 0.3) is 5.56 Å². The van der Waals surface area contributed by atoms with Crippen molar-refractivity contribution in [1.82, 2.24) is 14.1 Å². The molecule has 0 saturated heterocycles. The van der Waals surface area contributed by atoms with Crippen molar-refractivity contribution in [1.29, 1.82) is 0 Å². The fourth-order valence-electron chi connectivity index (χ4n) is 3.98. The molecule has 11 heteroatoms. The Bertz CT molecular complexity index is 1500. The highest BCUT2D eigenvalue weighted by Crippen LogP contribution is 2.36. The molecule has 4 aromatic rings. The zero-order valence-corrected chi connectivity index (χ0v) is 21.1. The zero-order chi connectivity index (χ0) is 26.2. The number of aliphatic hydroxyl groups is 1. The average molecular weight is 514 g/mol. The number of carbonyl (C=O) groups is 1. The Morgan fingerprint density at radius 3 is 2.53 bits per heavy atom. The van der Waals surface area contributed by atoms with Gasteiger partial charge in [-0.3, -0.25) is 9.36 Å². The van der Waals surface area contributed by atoms with E-state index in [0.717, 1.165) is 10.1 Å². The summed E-state index contributed by atoms with van der Waals surface area (Å²) in [6.45, 7) is 5.92. The number of thiophene rings is 1. The van der Waals surface area contributed by atoms with E-state index < -0.39 is 35.0 Å². The average Bonchev–Trinajstić information content (AvgIpc) is 3.47. The Morgan fingerprint density at radius 2 is 1.94 bits per heavy atom. The number of aliphatic carboxylic acids is 1. The van der Waals surface area contributed by atoms with Crippen LogP contribution >= 0.6 is 11.3 Å². The van der Waals surface area contributed by atoms with Gasteiger partial charge >= 0.3 is 11.7 Å². The number of hydrogen-bond donors (Lipinski definition) is 2. The van der Waals surface area contributed by atoms with Gasteiger partial charge in [-0.05, 0) is 38.8 Å². The van der Waals surface area contributed by atoms with Crippen LogP contribution in [0.2, 0.25) is 0 Å². The van der Waals surface area contributed by atoms with E-state index in [1.807, 2.05) is 30.3 Å². The first kappa shape index (κ1) is 25.5. The molecule has 4 rings (SSSR count). The number of rotatable bonds is 9. The van der Waals surface area contributed by atoms with Gasteiger partial charge in [0.15, 0.2) is 0 Å². The van der Waals surface area contributed by atoms with Crippen molar-refractivity contribution in [2.75, 3.05) is 6.61 Å². The van der Waals surface area contributed by atoms with Gasteiger partial charge < -0.3 is 19.4 Å². The SMILES string of the molecule is Cc1c(-c2ncco2)sc2c1c(=O)n(C(C)(C)C(=O)O)c(=O)n2C[C@@H](OC[C@@H](C)O)c1ccccc1. The van der Waals surface area contributed by atoms with Crippen molar-refractivity contribution in [3.8, 4) is 10.8 Å². The summed E-state index contributed by atoms with van der Waals surface area (Å²) in [5.74, 6) is -1.03. The molecule has 3 aromatic heterocycles. The van der Waals surface area contributed by atoms with Crippen molar-refractivity contribution < 1.29 is 24.2 Å². The molecule has 0 fully saturated rings. The smallest absolute Gasteiger partial charge is 0.333 e. The van der Waals surface area contributed by atoms with E-state index in [4.69, 9.17) is 9.15 Å². The van der Waals surface area contributed by atoms with E-state index in [0.29, 0.717) is 21.2 Å². The third-order valence-corrected chi connectivity index (χ3v) is 7.28. The van der Waals surface area contributed by atoms with Gasteiger partial charge in [0.2, 0.25) is 5.89 Å². The van der Waals surface area contributed by atoms with E-state index in [2.05, 4.69) is 4.98 Å². The molecule has 2 atom stereocenters. The Balaban J connectivity index is 2.01. The van der Waals surface area contributed by atoms with Crippen molar-refractivity contribution >= 4 is 27.5 Å². The lowest BCUT2D eigenvalue weighted by Gasteiger charge is -2.25. The van der Waals surface area contributed by atoms with Gasteiger partial charge in [-0.1, -0.05) is 30.3 Å². The highest BCUT2D eigenvalue weighted by molar-refractivity contribution is 7.22. The number of aromatic nitrogens is 3. The highest BCUT2D eigenvalue weighted by Gasteiger charge is 2.36. The summed E-state index contributed by atoms with van der Waals surface area (Å²) in [7, 11) is 0. The number of aryl methyl sites for hydroxylation is 1. The molecule has 0 bridgehead atoms. The molecule has 0 aliphatic heterocycles. The molecule has 36 heavy (non-hydrogen) atoms. The van der Waals surface area contributed by atoms with Gasteiger partial charge in [0.1, 0.15) is 22.7 Å². The fourth-order valence-corrected chi connectivity index (χ4v) is 5.22. The molecule has 3 heterocycles. The fraction of sp³-hybridized carbons (Fsp3) is 0.360. The van der Waals surface area contributed by atoms with Gasteiger partial charge in [-0.15, -0.1) is 11.3 Å². The number of ether oxygens (including phenoxy) is 1. The molecule has 0 aliphatic rings. The van der Waals surface area contributed by atoms with Crippen LogP contribution in [0.3, 0.4) is 0 Å². The topological polar surface area (TPSA) is 137 Å². The lowest BCUT2D eigenvalue weighted by atomic mass is 10.1. The summed E-state index contributed by atoms with van der Waals surface area (Å²) < 4.78 is 13.6. The quantitative estimate of drug-likeness (QED) is 0.348. The predicted octanol–water partition coefficient (Wildman–Crippen LogP) is 3.15. The lowest BCUT2D eigenvalue weighted by molar-refractivity contribution is -0.146. The van der Waals surface area contributed by atoms with E-state index >= 15 is 0 Å². The van der Waals surface area contributed by atoms with E-state index in [-0.39, 0.29) is 18.5 Å². The maximum Gasteiger partial charge on any atom is 0.333 e. The Morgan fingerprint density at radius 1 is 1.25 bits per heavy atom. The Kier molecular flexibility index (Phi) is 6.98. The monoisotopic (exact) mass is 513 g/mol. The van der Waals surface area contributed by atoms with E-state index in [1.165, 1.54) is 42.2 Å². The minimum Gasteiger partial charge on any atom is -0.480 e. The number of benzene rings is 1. The van der Waals surface area contributed by atoms with Crippen LogP contribution in [0.1, 0.15) is 38.0 Å². The predicted molar refractivity (Wildman–Crippen MR) is 134 cm³/mol. The van der Waals surface area contributed by atoms with Crippen LogP contribution in [0.5, 0.6) is 0 Å². The first-order valence-corrected chi connectivity index (χ1v) is 12.1. The van der Waals surface area contributed by atoms with Gasteiger partial charge in [-0.25, -0.2) is 19.1 Å². The standard InChI is InChI=1S/C25H27N3O7S/c1-14(29)13-35-17(16-8-6-5-7-9-16)12-27-22-18(15(2)19(36-22)20-26-10-11-34-20)21(30)28(24(27)33)25(3,4)23(31)32/h5-11,14,17,29H,12-13H2,1-4H3,(H,31,32)/t14-,17-/m1/s1. The zero-order valence-electron chi connectivity index (χ0n) is 20.3. The first-order chi connectivity index (χ1) is 17.0. The van der Waals surface area contributed by atoms with E-state index in [1.54, 1.807) is 13.8 Å². The van der Waals surface area contributed by atoms with Crippen LogP contribution in [0, 0.1) is 6.92 Å². The second-order valence-corrected chi connectivity index (χ2v) is 10.1. The summed E-state index contributed by atoms with van der Waals surface area (Å²) in [5.41, 5.74) is -2.00. The summed E-state index contributed by atoms with van der Waals surface area (Å²) in [6.07, 6.45) is 1.49. The van der Waals surface area contributed by atoms with Crippen molar-refractivity contribution in [2.24, 2.45) is 0 Å². The maximum atomic E-state index is 13.8. The van der Waals surface area contributed by atoms with Crippen LogP contribution in [0.25, 0.3) is 21.0 Å². The molecule has 10 nitrogen and oxygen atoms in total. The molecular formula is C25H27N3O7S. The van der Waals surface area contributed by atoms with Crippen molar-refractivity contribution in [3.63, 3.8) is 0 Å². The van der Waals surface area contributed by atoms with Crippen LogP contribution in [0.4, 0.5) is 0 Å². The summed E-state index contributed by atoms with van der Waals surface area (Å²) >= 11 is 1.17. The normalized spacial score (nSPS) is 13.7. The largest absolute Gasteiger partial charge is 0.480 e. The summed E-state index contributed by atoms with van der Waals surface area (Å²) in [6, 6.07) is 9.18. The lowest BCUT2D eigenvalue weighted by Crippen LogP contribution is -2.52. The second-order valence-electron chi connectivity index (χ2n) is 9.05. The molecule has 0 spiro atoms. The molecule has 2 N–H and O–H groups in total.